The second-order valence-corrected chi connectivity index (χ2v) is 8.21. The molecular formula is C24H29ClN2O3. The Morgan fingerprint density at radius 3 is 2.37 bits per heavy atom. The molecule has 1 heterocycles. The average Bonchev–Trinajstić information content (AvgIpc) is 2.75. The molecule has 2 aromatic rings. The fourth-order valence-electron chi connectivity index (χ4n) is 3.54. The lowest BCUT2D eigenvalue weighted by Gasteiger charge is -2.32. The van der Waals surface area contributed by atoms with Crippen LogP contribution in [-0.2, 0) is 4.79 Å². The van der Waals surface area contributed by atoms with Crippen molar-refractivity contribution in [1.82, 2.24) is 10.2 Å². The Labute approximate surface area is 183 Å². The Morgan fingerprint density at radius 2 is 1.70 bits per heavy atom. The molecule has 0 atom stereocenters. The van der Waals surface area contributed by atoms with Crippen molar-refractivity contribution in [3.05, 3.63) is 64.7 Å². The lowest BCUT2D eigenvalue weighted by atomic mass is 10.0. The van der Waals surface area contributed by atoms with Gasteiger partial charge in [-0.15, -0.1) is 0 Å². The summed E-state index contributed by atoms with van der Waals surface area (Å²) in [4.78, 5) is 26.8. The van der Waals surface area contributed by atoms with E-state index in [-0.39, 0.29) is 30.6 Å². The molecule has 1 fully saturated rings. The zero-order chi connectivity index (χ0) is 21.3. The Hall–Kier alpha value is -2.37. The molecule has 0 radical (unpaired) electrons. The third-order valence-corrected chi connectivity index (χ3v) is 5.65. The van der Waals surface area contributed by atoms with E-state index < -0.39 is 0 Å². The van der Waals surface area contributed by atoms with Crippen LogP contribution >= 0.6 is 11.6 Å². The van der Waals surface area contributed by atoms with Crippen LogP contribution in [0.4, 0.5) is 0 Å². The maximum atomic E-state index is 12.2. The predicted octanol–water partition coefficient (Wildman–Crippen LogP) is 4.27. The van der Waals surface area contributed by atoms with Gasteiger partial charge in [0.2, 0.25) is 5.91 Å². The van der Waals surface area contributed by atoms with E-state index in [0.29, 0.717) is 17.2 Å². The largest absolute Gasteiger partial charge is 0.492 e. The van der Waals surface area contributed by atoms with Crippen LogP contribution in [0.2, 0.25) is 5.02 Å². The summed E-state index contributed by atoms with van der Waals surface area (Å²) in [5.41, 5.74) is 1.79. The third kappa shape index (κ3) is 7.15. The molecule has 30 heavy (non-hydrogen) atoms. The Balaban J connectivity index is 1.30. The quantitative estimate of drug-likeness (QED) is 0.606. The SMILES string of the molecule is Cc1ccc(C(=O)CCC(=O)NC2CCN(CCOc3ccc(Cl)cc3)CC2)cc1. The number of amides is 1. The number of nitrogens with one attached hydrogen (secondary N) is 1. The molecule has 2 aromatic carbocycles. The molecule has 1 aliphatic heterocycles. The van der Waals surface area contributed by atoms with Gasteiger partial charge in [0.25, 0.3) is 0 Å². The van der Waals surface area contributed by atoms with E-state index in [9.17, 15) is 9.59 Å². The highest BCUT2D eigenvalue weighted by Crippen LogP contribution is 2.16. The number of likely N-dealkylation sites (tertiary alicyclic amines) is 1. The first-order valence-corrected chi connectivity index (χ1v) is 10.9. The van der Waals surface area contributed by atoms with Gasteiger partial charge in [-0.1, -0.05) is 41.4 Å². The second kappa shape index (κ2) is 11.1. The summed E-state index contributed by atoms with van der Waals surface area (Å²) >= 11 is 5.88. The Bertz CT molecular complexity index is 829. The minimum Gasteiger partial charge on any atom is -0.492 e. The number of carbonyl (C=O) groups excluding carboxylic acids is 2. The highest BCUT2D eigenvalue weighted by molar-refractivity contribution is 6.30. The first kappa shape index (κ1) is 22.3. The number of hydrogen-bond acceptors (Lipinski definition) is 4. The fraction of sp³-hybridized carbons (Fsp3) is 0.417. The van der Waals surface area contributed by atoms with Crippen molar-refractivity contribution in [2.45, 2.75) is 38.6 Å². The zero-order valence-corrected chi connectivity index (χ0v) is 18.2. The Kier molecular flexibility index (Phi) is 8.29. The number of piperidine rings is 1. The number of ketones is 1. The summed E-state index contributed by atoms with van der Waals surface area (Å²) in [6.07, 6.45) is 2.31. The van der Waals surface area contributed by atoms with Gasteiger partial charge in [0.05, 0.1) is 0 Å². The van der Waals surface area contributed by atoms with Crippen LogP contribution in [0.3, 0.4) is 0 Å². The van der Waals surface area contributed by atoms with Gasteiger partial charge in [0, 0.05) is 49.1 Å². The van der Waals surface area contributed by atoms with Crippen LogP contribution in [0.15, 0.2) is 48.5 Å². The highest BCUT2D eigenvalue weighted by atomic mass is 35.5. The van der Waals surface area contributed by atoms with Crippen LogP contribution in [0, 0.1) is 6.92 Å². The van der Waals surface area contributed by atoms with Gasteiger partial charge in [0.15, 0.2) is 5.78 Å². The van der Waals surface area contributed by atoms with Crippen molar-refractivity contribution >= 4 is 23.3 Å². The predicted molar refractivity (Wildman–Crippen MR) is 119 cm³/mol. The van der Waals surface area contributed by atoms with Crippen molar-refractivity contribution < 1.29 is 14.3 Å². The first-order chi connectivity index (χ1) is 14.5. The lowest BCUT2D eigenvalue weighted by Crippen LogP contribution is -2.45. The average molecular weight is 429 g/mol. The van der Waals surface area contributed by atoms with Gasteiger partial charge in [0.1, 0.15) is 12.4 Å². The molecule has 1 saturated heterocycles. The molecule has 0 unspecified atom stereocenters. The number of ether oxygens (including phenoxy) is 1. The molecule has 0 saturated carbocycles. The number of nitrogens with zero attached hydrogens (tertiary/aromatic N) is 1. The molecule has 1 N–H and O–H groups in total. The van der Waals surface area contributed by atoms with Gasteiger partial charge >= 0.3 is 0 Å². The molecule has 0 aromatic heterocycles. The minimum absolute atomic E-state index is 0.0145. The van der Waals surface area contributed by atoms with E-state index >= 15 is 0 Å². The molecule has 5 nitrogen and oxygen atoms in total. The minimum atomic E-state index is -0.0417. The van der Waals surface area contributed by atoms with E-state index in [4.69, 9.17) is 16.3 Å². The van der Waals surface area contributed by atoms with Crippen LogP contribution in [0.5, 0.6) is 5.75 Å². The van der Waals surface area contributed by atoms with Crippen LogP contribution in [0.1, 0.15) is 41.6 Å². The van der Waals surface area contributed by atoms with E-state index in [2.05, 4.69) is 10.2 Å². The molecule has 0 bridgehead atoms. The van der Waals surface area contributed by atoms with Crippen LogP contribution < -0.4 is 10.1 Å². The molecule has 0 aliphatic carbocycles. The van der Waals surface area contributed by atoms with Gasteiger partial charge in [-0.05, 0) is 44.0 Å². The smallest absolute Gasteiger partial charge is 0.220 e. The maximum Gasteiger partial charge on any atom is 0.220 e. The summed E-state index contributed by atoms with van der Waals surface area (Å²) in [6.45, 7) is 5.32. The molecular weight excluding hydrogens is 400 g/mol. The van der Waals surface area contributed by atoms with E-state index in [1.807, 2.05) is 55.5 Å². The normalized spacial score (nSPS) is 15.0. The third-order valence-electron chi connectivity index (χ3n) is 5.40. The number of benzene rings is 2. The number of Topliss-reactive ketones (excluding diaryl/α,β-unsaturated/α-hetero) is 1. The summed E-state index contributed by atoms with van der Waals surface area (Å²) < 4.78 is 5.75. The zero-order valence-electron chi connectivity index (χ0n) is 17.4. The molecule has 0 spiro atoms. The first-order valence-electron chi connectivity index (χ1n) is 10.5. The van der Waals surface area contributed by atoms with Crippen molar-refractivity contribution in [1.29, 1.82) is 0 Å². The molecule has 1 aliphatic rings. The van der Waals surface area contributed by atoms with Crippen molar-refractivity contribution in [2.75, 3.05) is 26.2 Å². The van der Waals surface area contributed by atoms with E-state index in [1.54, 1.807) is 0 Å². The summed E-state index contributed by atoms with van der Waals surface area (Å²) in [6, 6.07) is 15.0. The highest BCUT2D eigenvalue weighted by Gasteiger charge is 2.21. The standard InChI is InChI=1S/C24H29ClN2O3/c1-18-2-4-19(5-3-18)23(28)10-11-24(29)26-21-12-14-27(15-13-21)16-17-30-22-8-6-20(25)7-9-22/h2-9,21H,10-17H2,1H3,(H,26,29). The van der Waals surface area contributed by atoms with Crippen LogP contribution in [-0.4, -0.2) is 48.9 Å². The molecule has 160 valence electrons. The second-order valence-electron chi connectivity index (χ2n) is 7.78. The topological polar surface area (TPSA) is 58.6 Å². The summed E-state index contributed by atoms with van der Waals surface area (Å²) in [7, 11) is 0. The van der Waals surface area contributed by atoms with Crippen LogP contribution in [0.25, 0.3) is 0 Å². The molecule has 1 amide bonds. The Morgan fingerprint density at radius 1 is 1.03 bits per heavy atom. The van der Waals surface area contributed by atoms with Gasteiger partial charge in [-0.2, -0.15) is 0 Å². The number of hydrogen-bond donors (Lipinski definition) is 1. The van der Waals surface area contributed by atoms with Gasteiger partial charge in [-0.3, -0.25) is 14.5 Å². The van der Waals surface area contributed by atoms with E-state index in [1.165, 1.54) is 0 Å². The fourth-order valence-corrected chi connectivity index (χ4v) is 3.66. The van der Waals surface area contributed by atoms with Gasteiger partial charge < -0.3 is 10.1 Å². The number of aryl methyl sites for hydroxylation is 1. The van der Waals surface area contributed by atoms with E-state index in [0.717, 1.165) is 43.8 Å². The number of rotatable bonds is 9. The number of carbonyl (C=O) groups is 2. The lowest BCUT2D eigenvalue weighted by molar-refractivity contribution is -0.122. The van der Waals surface area contributed by atoms with Crippen molar-refractivity contribution in [2.24, 2.45) is 0 Å². The van der Waals surface area contributed by atoms with Crippen molar-refractivity contribution in [3.63, 3.8) is 0 Å². The maximum absolute atomic E-state index is 12.2. The van der Waals surface area contributed by atoms with Crippen molar-refractivity contribution in [3.8, 4) is 5.75 Å². The summed E-state index contributed by atoms with van der Waals surface area (Å²) in [5, 5.41) is 3.78. The molecule has 3 rings (SSSR count). The monoisotopic (exact) mass is 428 g/mol. The summed E-state index contributed by atoms with van der Waals surface area (Å²) in [5.74, 6) is 0.794. The molecule has 6 heteroatoms. The van der Waals surface area contributed by atoms with Gasteiger partial charge in [-0.25, -0.2) is 0 Å². The number of halogens is 1.